The molecule has 0 bridgehead atoms. The third kappa shape index (κ3) is 1.46. The van der Waals surface area contributed by atoms with Crippen molar-refractivity contribution < 1.29 is 4.39 Å². The van der Waals surface area contributed by atoms with Gasteiger partial charge in [0.25, 0.3) is 0 Å². The molecule has 0 aromatic carbocycles. The van der Waals surface area contributed by atoms with Crippen LogP contribution in [-0.2, 0) is 7.05 Å². The van der Waals surface area contributed by atoms with Crippen molar-refractivity contribution in [1.82, 2.24) is 19.7 Å². The third-order valence-electron chi connectivity index (χ3n) is 1.78. The Kier molecular flexibility index (Phi) is 2.17. The van der Waals surface area contributed by atoms with E-state index < -0.39 is 5.82 Å². The van der Waals surface area contributed by atoms with Crippen molar-refractivity contribution >= 4 is 11.6 Å². The average Bonchev–Trinajstić information content (AvgIpc) is 2.56. The van der Waals surface area contributed by atoms with Gasteiger partial charge in [0.2, 0.25) is 5.28 Å². The molecule has 0 N–H and O–H groups in total. The molecule has 2 aromatic heterocycles. The third-order valence-corrected chi connectivity index (χ3v) is 1.96. The second-order valence-corrected chi connectivity index (χ2v) is 3.01. The van der Waals surface area contributed by atoms with Gasteiger partial charge in [-0.1, -0.05) is 0 Å². The molecule has 72 valence electrons. The van der Waals surface area contributed by atoms with Crippen LogP contribution in [0.15, 0.2) is 18.5 Å². The number of nitrogens with zero attached hydrogens (tertiary/aromatic N) is 4. The van der Waals surface area contributed by atoms with Gasteiger partial charge in [0.05, 0.1) is 11.9 Å². The lowest BCUT2D eigenvalue weighted by Crippen LogP contribution is -1.99. The predicted molar refractivity (Wildman–Crippen MR) is 49.2 cm³/mol. The van der Waals surface area contributed by atoms with E-state index in [1.54, 1.807) is 19.3 Å². The summed E-state index contributed by atoms with van der Waals surface area (Å²) in [5, 5.41) is 3.93. The Bertz CT molecular complexity index is 468. The molecule has 0 saturated heterocycles. The van der Waals surface area contributed by atoms with Crippen molar-refractivity contribution in [2.24, 2.45) is 7.05 Å². The average molecular weight is 213 g/mol. The minimum atomic E-state index is -0.516. The fourth-order valence-electron chi connectivity index (χ4n) is 1.13. The van der Waals surface area contributed by atoms with Crippen LogP contribution >= 0.6 is 11.6 Å². The highest BCUT2D eigenvalue weighted by molar-refractivity contribution is 6.28. The maximum absolute atomic E-state index is 13.3. The summed E-state index contributed by atoms with van der Waals surface area (Å²) in [6, 6.07) is 1.65. The summed E-state index contributed by atoms with van der Waals surface area (Å²) in [5.41, 5.74) is 0.719. The summed E-state index contributed by atoms with van der Waals surface area (Å²) in [4.78, 5) is 7.32. The lowest BCUT2D eigenvalue weighted by molar-refractivity contribution is 0.614. The van der Waals surface area contributed by atoms with E-state index in [4.69, 9.17) is 11.6 Å². The molecule has 0 fully saturated rings. The van der Waals surface area contributed by atoms with Crippen LogP contribution in [0.5, 0.6) is 0 Å². The maximum atomic E-state index is 13.3. The molecule has 2 aromatic rings. The summed E-state index contributed by atoms with van der Waals surface area (Å²) in [7, 11) is 1.70. The molecule has 0 aliphatic heterocycles. The molecule has 6 heteroatoms. The van der Waals surface area contributed by atoms with Crippen LogP contribution in [0.1, 0.15) is 0 Å². The van der Waals surface area contributed by atoms with Gasteiger partial charge in [-0.25, -0.2) is 14.4 Å². The van der Waals surface area contributed by atoms with Crippen LogP contribution < -0.4 is 0 Å². The van der Waals surface area contributed by atoms with Crippen molar-refractivity contribution in [3.8, 4) is 11.4 Å². The summed E-state index contributed by atoms with van der Waals surface area (Å²) in [5.74, 6) is -0.516. The molecule has 0 spiro atoms. The standard InChI is InChI=1S/C8H6ClFN4/c1-14-6(2-3-12-14)7-5(10)4-11-8(9)13-7/h2-4H,1H3. The summed E-state index contributed by atoms with van der Waals surface area (Å²) >= 11 is 5.57. The first-order valence-corrected chi connectivity index (χ1v) is 4.22. The lowest BCUT2D eigenvalue weighted by Gasteiger charge is -2.01. The van der Waals surface area contributed by atoms with Gasteiger partial charge in [0.1, 0.15) is 5.69 Å². The zero-order valence-electron chi connectivity index (χ0n) is 7.28. The minimum Gasteiger partial charge on any atom is -0.266 e. The van der Waals surface area contributed by atoms with Gasteiger partial charge in [0.15, 0.2) is 5.82 Å². The number of rotatable bonds is 1. The number of aryl methyl sites for hydroxylation is 1. The molecule has 0 aliphatic rings. The van der Waals surface area contributed by atoms with Crippen LogP contribution in [0.3, 0.4) is 0 Å². The smallest absolute Gasteiger partial charge is 0.223 e. The van der Waals surface area contributed by atoms with Gasteiger partial charge in [-0.05, 0) is 17.7 Å². The van der Waals surface area contributed by atoms with E-state index in [0.29, 0.717) is 5.69 Å². The zero-order chi connectivity index (χ0) is 10.1. The highest BCUT2D eigenvalue weighted by atomic mass is 35.5. The lowest BCUT2D eigenvalue weighted by atomic mass is 10.3. The Hall–Kier alpha value is -1.49. The number of hydrogen-bond donors (Lipinski definition) is 0. The molecule has 0 saturated carbocycles. The SMILES string of the molecule is Cn1nccc1-c1nc(Cl)ncc1F. The molecular formula is C8H6ClFN4. The van der Waals surface area contributed by atoms with E-state index in [0.717, 1.165) is 6.20 Å². The van der Waals surface area contributed by atoms with Gasteiger partial charge < -0.3 is 0 Å². The first-order chi connectivity index (χ1) is 6.68. The topological polar surface area (TPSA) is 43.6 Å². The monoisotopic (exact) mass is 212 g/mol. The van der Waals surface area contributed by atoms with Gasteiger partial charge >= 0.3 is 0 Å². The number of halogens is 2. The summed E-state index contributed by atoms with van der Waals surface area (Å²) < 4.78 is 14.8. The van der Waals surface area contributed by atoms with Crippen molar-refractivity contribution in [2.75, 3.05) is 0 Å². The van der Waals surface area contributed by atoms with E-state index in [2.05, 4.69) is 15.1 Å². The molecular weight excluding hydrogens is 207 g/mol. The molecule has 0 amide bonds. The summed E-state index contributed by atoms with van der Waals surface area (Å²) in [6.45, 7) is 0. The van der Waals surface area contributed by atoms with Crippen LogP contribution in [0.25, 0.3) is 11.4 Å². The molecule has 4 nitrogen and oxygen atoms in total. The van der Waals surface area contributed by atoms with Gasteiger partial charge in [-0.3, -0.25) is 4.68 Å². The molecule has 0 radical (unpaired) electrons. The normalized spacial score (nSPS) is 10.5. The van der Waals surface area contributed by atoms with Crippen LogP contribution in [0.4, 0.5) is 4.39 Å². The van der Waals surface area contributed by atoms with Gasteiger partial charge in [-0.2, -0.15) is 5.10 Å². The highest BCUT2D eigenvalue weighted by Crippen LogP contribution is 2.19. The Balaban J connectivity index is 2.62. The second-order valence-electron chi connectivity index (χ2n) is 2.68. The fourth-order valence-corrected chi connectivity index (χ4v) is 1.26. The molecule has 2 rings (SSSR count). The first-order valence-electron chi connectivity index (χ1n) is 3.85. The molecule has 0 aliphatic carbocycles. The van der Waals surface area contributed by atoms with E-state index >= 15 is 0 Å². The van der Waals surface area contributed by atoms with Crippen molar-refractivity contribution in [3.05, 3.63) is 29.6 Å². The van der Waals surface area contributed by atoms with E-state index in [1.165, 1.54) is 4.68 Å². The van der Waals surface area contributed by atoms with E-state index in [9.17, 15) is 4.39 Å². The van der Waals surface area contributed by atoms with Crippen molar-refractivity contribution in [1.29, 1.82) is 0 Å². The van der Waals surface area contributed by atoms with Crippen LogP contribution in [0, 0.1) is 5.82 Å². The van der Waals surface area contributed by atoms with Gasteiger partial charge in [0, 0.05) is 13.2 Å². The molecule has 0 atom stereocenters. The Morgan fingerprint density at radius 2 is 2.29 bits per heavy atom. The zero-order valence-corrected chi connectivity index (χ0v) is 8.03. The molecule has 2 heterocycles. The predicted octanol–water partition coefficient (Wildman–Crippen LogP) is 1.67. The largest absolute Gasteiger partial charge is 0.266 e. The van der Waals surface area contributed by atoms with Crippen molar-refractivity contribution in [2.45, 2.75) is 0 Å². The fraction of sp³-hybridized carbons (Fsp3) is 0.125. The Morgan fingerprint density at radius 3 is 2.93 bits per heavy atom. The van der Waals surface area contributed by atoms with E-state index in [1.807, 2.05) is 0 Å². The molecule has 14 heavy (non-hydrogen) atoms. The quantitative estimate of drug-likeness (QED) is 0.676. The summed E-state index contributed by atoms with van der Waals surface area (Å²) in [6.07, 6.45) is 2.60. The number of hydrogen-bond acceptors (Lipinski definition) is 3. The van der Waals surface area contributed by atoms with Crippen molar-refractivity contribution in [3.63, 3.8) is 0 Å². The van der Waals surface area contributed by atoms with Crippen LogP contribution in [0.2, 0.25) is 5.28 Å². The Labute approximate surface area is 84.4 Å². The first kappa shape index (κ1) is 9.08. The second kappa shape index (κ2) is 3.34. The van der Waals surface area contributed by atoms with E-state index in [-0.39, 0.29) is 11.0 Å². The Morgan fingerprint density at radius 1 is 1.50 bits per heavy atom. The maximum Gasteiger partial charge on any atom is 0.223 e. The highest BCUT2D eigenvalue weighted by Gasteiger charge is 2.11. The minimum absolute atomic E-state index is 0.0163. The number of aromatic nitrogens is 4. The molecule has 0 unspecified atom stereocenters. The van der Waals surface area contributed by atoms with Crippen LogP contribution in [-0.4, -0.2) is 19.7 Å². The van der Waals surface area contributed by atoms with Gasteiger partial charge in [-0.15, -0.1) is 0 Å².